The molecule has 0 bridgehead atoms. The summed E-state index contributed by atoms with van der Waals surface area (Å²) in [5, 5.41) is 0.0526. The third-order valence-corrected chi connectivity index (χ3v) is 3.44. The number of hydrogen-bond acceptors (Lipinski definition) is 7. The van der Waals surface area contributed by atoms with Gasteiger partial charge in [-0.2, -0.15) is 4.98 Å². The lowest BCUT2D eigenvalue weighted by Gasteiger charge is -2.19. The van der Waals surface area contributed by atoms with Crippen LogP contribution in [0.2, 0.25) is 5.28 Å². The SMILES string of the molecule is COc1cc(F)cc(C)c1NNc1nc(Cl)ncc1C(OC)OC. The molecular formula is C15H18ClFN4O3. The van der Waals surface area contributed by atoms with Crippen LogP contribution in [-0.2, 0) is 9.47 Å². The molecule has 0 fully saturated rings. The van der Waals surface area contributed by atoms with Crippen molar-refractivity contribution >= 4 is 23.1 Å². The second kappa shape index (κ2) is 8.09. The van der Waals surface area contributed by atoms with E-state index >= 15 is 0 Å². The highest BCUT2D eigenvalue weighted by atomic mass is 35.5. The molecule has 1 heterocycles. The zero-order valence-electron chi connectivity index (χ0n) is 13.7. The zero-order valence-corrected chi connectivity index (χ0v) is 14.4. The number of aromatic nitrogens is 2. The molecule has 0 spiro atoms. The highest BCUT2D eigenvalue weighted by molar-refractivity contribution is 6.28. The highest BCUT2D eigenvalue weighted by Gasteiger charge is 2.17. The molecule has 2 rings (SSSR count). The fourth-order valence-corrected chi connectivity index (χ4v) is 2.28. The summed E-state index contributed by atoms with van der Waals surface area (Å²) in [7, 11) is 4.44. The van der Waals surface area contributed by atoms with Crippen LogP contribution in [0.25, 0.3) is 0 Å². The van der Waals surface area contributed by atoms with E-state index in [0.29, 0.717) is 28.4 Å². The normalized spacial score (nSPS) is 10.8. The van der Waals surface area contributed by atoms with E-state index in [1.165, 1.54) is 39.7 Å². The molecule has 0 saturated heterocycles. The van der Waals surface area contributed by atoms with Crippen LogP contribution < -0.4 is 15.6 Å². The Labute approximate surface area is 144 Å². The average Bonchev–Trinajstić information content (AvgIpc) is 2.56. The number of nitrogens with zero attached hydrogens (tertiary/aromatic N) is 2. The number of methoxy groups -OCH3 is 3. The van der Waals surface area contributed by atoms with E-state index in [1.807, 2.05) is 0 Å². The third-order valence-electron chi connectivity index (χ3n) is 3.26. The summed E-state index contributed by atoms with van der Waals surface area (Å²) in [5.74, 6) is 0.311. The largest absolute Gasteiger partial charge is 0.494 e. The minimum atomic E-state index is -0.678. The Morgan fingerprint density at radius 3 is 2.50 bits per heavy atom. The molecule has 0 aliphatic carbocycles. The van der Waals surface area contributed by atoms with Crippen LogP contribution in [-0.4, -0.2) is 31.3 Å². The smallest absolute Gasteiger partial charge is 0.224 e. The molecule has 1 aromatic carbocycles. The summed E-state index contributed by atoms with van der Waals surface area (Å²) < 4.78 is 29.1. The maximum absolute atomic E-state index is 13.5. The number of nitrogens with one attached hydrogen (secondary N) is 2. The zero-order chi connectivity index (χ0) is 17.7. The average molecular weight is 357 g/mol. The van der Waals surface area contributed by atoms with Crippen molar-refractivity contribution in [1.82, 2.24) is 9.97 Å². The van der Waals surface area contributed by atoms with Crippen LogP contribution in [0.4, 0.5) is 15.9 Å². The van der Waals surface area contributed by atoms with E-state index in [-0.39, 0.29) is 11.1 Å². The second-order valence-electron chi connectivity index (χ2n) is 4.80. The molecule has 1 aromatic heterocycles. The topological polar surface area (TPSA) is 77.5 Å². The van der Waals surface area contributed by atoms with Gasteiger partial charge in [-0.3, -0.25) is 10.9 Å². The predicted molar refractivity (Wildman–Crippen MR) is 88.7 cm³/mol. The van der Waals surface area contributed by atoms with Crippen LogP contribution in [0.5, 0.6) is 5.75 Å². The van der Waals surface area contributed by atoms with Gasteiger partial charge < -0.3 is 14.2 Å². The Morgan fingerprint density at radius 2 is 1.88 bits per heavy atom. The van der Waals surface area contributed by atoms with E-state index in [0.717, 1.165) is 0 Å². The number of ether oxygens (including phenoxy) is 3. The van der Waals surface area contributed by atoms with Gasteiger partial charge in [0.05, 0.1) is 18.4 Å². The monoisotopic (exact) mass is 356 g/mol. The first kappa shape index (κ1) is 18.2. The quantitative estimate of drug-likeness (QED) is 0.447. The van der Waals surface area contributed by atoms with E-state index in [9.17, 15) is 4.39 Å². The van der Waals surface area contributed by atoms with Crippen LogP contribution in [0.15, 0.2) is 18.3 Å². The molecular weight excluding hydrogens is 339 g/mol. The van der Waals surface area contributed by atoms with Crippen LogP contribution in [0.3, 0.4) is 0 Å². The molecule has 0 unspecified atom stereocenters. The molecule has 0 amide bonds. The predicted octanol–water partition coefficient (Wildman–Crippen LogP) is 3.32. The molecule has 0 saturated carbocycles. The summed E-state index contributed by atoms with van der Waals surface area (Å²) in [6.45, 7) is 1.75. The van der Waals surface area contributed by atoms with E-state index in [2.05, 4.69) is 20.8 Å². The first-order valence-corrected chi connectivity index (χ1v) is 7.32. The lowest BCUT2D eigenvalue weighted by atomic mass is 10.2. The molecule has 0 aliphatic rings. The molecule has 9 heteroatoms. The van der Waals surface area contributed by atoms with Gasteiger partial charge in [-0.25, -0.2) is 9.37 Å². The highest BCUT2D eigenvalue weighted by Crippen LogP contribution is 2.30. The lowest BCUT2D eigenvalue weighted by Crippen LogP contribution is -2.17. The van der Waals surface area contributed by atoms with Gasteiger partial charge in [-0.05, 0) is 30.2 Å². The summed E-state index contributed by atoms with van der Waals surface area (Å²) in [6, 6.07) is 2.66. The van der Waals surface area contributed by atoms with Gasteiger partial charge in [-0.1, -0.05) is 0 Å². The second-order valence-corrected chi connectivity index (χ2v) is 5.13. The van der Waals surface area contributed by atoms with Gasteiger partial charge in [0, 0.05) is 26.5 Å². The maximum atomic E-state index is 13.5. The fourth-order valence-electron chi connectivity index (χ4n) is 2.15. The van der Waals surface area contributed by atoms with E-state index in [4.69, 9.17) is 25.8 Å². The number of rotatable bonds is 7. The Bertz CT molecular complexity index is 713. The van der Waals surface area contributed by atoms with Gasteiger partial charge >= 0.3 is 0 Å². The van der Waals surface area contributed by atoms with E-state index < -0.39 is 6.29 Å². The standard InChI is InChI=1S/C15H18ClFN4O3/c1-8-5-9(17)6-11(22-2)12(8)20-21-13-10(14(23-3)24-4)7-18-15(16)19-13/h5-7,14,20H,1-4H3,(H,18,19,21). The maximum Gasteiger partial charge on any atom is 0.224 e. The van der Waals surface area contributed by atoms with Crippen LogP contribution in [0.1, 0.15) is 17.4 Å². The van der Waals surface area contributed by atoms with Crippen molar-refractivity contribution in [2.45, 2.75) is 13.2 Å². The molecule has 7 nitrogen and oxygen atoms in total. The molecule has 2 aromatic rings. The first-order valence-electron chi connectivity index (χ1n) is 6.94. The number of hydrazine groups is 1. The lowest BCUT2D eigenvalue weighted by molar-refractivity contribution is -0.105. The van der Waals surface area contributed by atoms with Crippen molar-refractivity contribution in [3.8, 4) is 5.75 Å². The van der Waals surface area contributed by atoms with Crippen LogP contribution in [0, 0.1) is 12.7 Å². The van der Waals surface area contributed by atoms with Gasteiger partial charge in [0.2, 0.25) is 5.28 Å². The molecule has 0 aliphatic heterocycles. The van der Waals surface area contributed by atoms with Crippen molar-refractivity contribution in [2.75, 3.05) is 32.2 Å². The Balaban J connectivity index is 2.31. The number of anilines is 2. The summed E-state index contributed by atoms with van der Waals surface area (Å²) in [4.78, 5) is 8.04. The number of aryl methyl sites for hydroxylation is 1. The van der Waals surface area contributed by atoms with Crippen molar-refractivity contribution in [3.63, 3.8) is 0 Å². The minimum Gasteiger partial charge on any atom is -0.494 e. The van der Waals surface area contributed by atoms with Crippen molar-refractivity contribution in [1.29, 1.82) is 0 Å². The molecule has 2 N–H and O–H groups in total. The van der Waals surface area contributed by atoms with Crippen molar-refractivity contribution in [3.05, 3.63) is 40.6 Å². The Morgan fingerprint density at radius 1 is 1.17 bits per heavy atom. The van der Waals surface area contributed by atoms with Crippen LogP contribution >= 0.6 is 11.6 Å². The molecule has 0 radical (unpaired) electrons. The van der Waals surface area contributed by atoms with Gasteiger partial charge in [0.15, 0.2) is 12.1 Å². The fraction of sp³-hybridized carbons (Fsp3) is 0.333. The number of hydrogen-bond donors (Lipinski definition) is 2. The number of halogens is 2. The molecule has 0 atom stereocenters. The minimum absolute atomic E-state index is 0.0526. The van der Waals surface area contributed by atoms with E-state index in [1.54, 1.807) is 6.92 Å². The summed E-state index contributed by atoms with van der Waals surface area (Å²) in [5.41, 5.74) is 7.60. The Hall–Kier alpha value is -2.16. The van der Waals surface area contributed by atoms with Gasteiger partial charge in [-0.15, -0.1) is 0 Å². The molecule has 24 heavy (non-hydrogen) atoms. The van der Waals surface area contributed by atoms with Crippen molar-refractivity contribution in [2.24, 2.45) is 0 Å². The number of benzene rings is 1. The summed E-state index contributed by atoms with van der Waals surface area (Å²) in [6.07, 6.45) is 0.814. The molecule has 130 valence electrons. The Kier molecular flexibility index (Phi) is 6.13. The third kappa shape index (κ3) is 4.02. The van der Waals surface area contributed by atoms with Crippen molar-refractivity contribution < 1.29 is 18.6 Å². The first-order chi connectivity index (χ1) is 11.5. The summed E-state index contributed by atoms with van der Waals surface area (Å²) >= 11 is 5.85. The van der Waals surface area contributed by atoms with Gasteiger partial charge in [0.25, 0.3) is 0 Å². The van der Waals surface area contributed by atoms with Gasteiger partial charge in [0.1, 0.15) is 11.6 Å².